The van der Waals surface area contributed by atoms with Gasteiger partial charge in [0.05, 0.1) is 13.2 Å². The third-order valence-corrected chi connectivity index (χ3v) is 2.74. The minimum atomic E-state index is 0.413. The molecule has 18 heavy (non-hydrogen) atoms. The van der Waals surface area contributed by atoms with Gasteiger partial charge in [-0.3, -0.25) is 0 Å². The van der Waals surface area contributed by atoms with Gasteiger partial charge in [-0.1, -0.05) is 32.4 Å². The molecule has 0 fully saturated rings. The van der Waals surface area contributed by atoms with Crippen molar-refractivity contribution in [1.82, 2.24) is 0 Å². The van der Waals surface area contributed by atoms with Crippen LogP contribution in [0.5, 0.6) is 5.75 Å². The van der Waals surface area contributed by atoms with Crippen LogP contribution in [0, 0.1) is 5.92 Å². The Labute approximate surface area is 110 Å². The van der Waals surface area contributed by atoms with Gasteiger partial charge in [0, 0.05) is 19.1 Å². The molecule has 1 atom stereocenters. The largest absolute Gasteiger partial charge is 0.493 e. The number of hydrogen-bond donors (Lipinski definition) is 1. The molecule has 0 bridgehead atoms. The van der Waals surface area contributed by atoms with Crippen LogP contribution in [-0.2, 0) is 11.3 Å². The Balaban J connectivity index is 2.18. The van der Waals surface area contributed by atoms with E-state index in [-0.39, 0.29) is 0 Å². The molecular formula is C15H25NO2. The Morgan fingerprint density at radius 1 is 1.17 bits per heavy atom. The predicted octanol–water partition coefficient (Wildman–Crippen LogP) is 2.98. The summed E-state index contributed by atoms with van der Waals surface area (Å²) in [6, 6.07) is 7.93. The third-order valence-electron chi connectivity index (χ3n) is 2.74. The predicted molar refractivity (Wildman–Crippen MR) is 74.7 cm³/mol. The molecule has 0 radical (unpaired) electrons. The molecule has 0 saturated heterocycles. The maximum absolute atomic E-state index is 5.70. The maximum Gasteiger partial charge on any atom is 0.119 e. The molecule has 1 unspecified atom stereocenters. The standard InChI is InChI=1S/C15H25NO2/c1-3-4-9-17-11-13(2)12-18-15-7-5-14(10-16)6-8-15/h5-8,13H,3-4,9-12,16H2,1-2H3. The number of ether oxygens (including phenoxy) is 2. The number of nitrogens with two attached hydrogens (primary N) is 1. The Kier molecular flexibility index (Phi) is 7.46. The first kappa shape index (κ1) is 15.0. The van der Waals surface area contributed by atoms with Gasteiger partial charge in [0.1, 0.15) is 5.75 Å². The van der Waals surface area contributed by atoms with Crippen LogP contribution in [0.3, 0.4) is 0 Å². The third kappa shape index (κ3) is 6.03. The van der Waals surface area contributed by atoms with E-state index < -0.39 is 0 Å². The molecule has 1 rings (SSSR count). The summed E-state index contributed by atoms with van der Waals surface area (Å²) >= 11 is 0. The van der Waals surface area contributed by atoms with E-state index in [1.165, 1.54) is 6.42 Å². The maximum atomic E-state index is 5.70. The zero-order valence-electron chi connectivity index (χ0n) is 11.5. The first-order chi connectivity index (χ1) is 8.76. The van der Waals surface area contributed by atoms with Gasteiger partial charge in [0.25, 0.3) is 0 Å². The van der Waals surface area contributed by atoms with Crippen LogP contribution in [0.4, 0.5) is 0 Å². The van der Waals surface area contributed by atoms with E-state index in [2.05, 4.69) is 13.8 Å². The van der Waals surface area contributed by atoms with Gasteiger partial charge < -0.3 is 15.2 Å². The van der Waals surface area contributed by atoms with Crippen molar-refractivity contribution in [3.05, 3.63) is 29.8 Å². The fourth-order valence-corrected chi connectivity index (χ4v) is 1.54. The minimum Gasteiger partial charge on any atom is -0.493 e. The second-order valence-corrected chi connectivity index (χ2v) is 4.69. The van der Waals surface area contributed by atoms with E-state index in [1.54, 1.807) is 0 Å². The van der Waals surface area contributed by atoms with Crippen LogP contribution in [0.1, 0.15) is 32.3 Å². The molecule has 2 N–H and O–H groups in total. The number of rotatable bonds is 9. The van der Waals surface area contributed by atoms with E-state index in [1.807, 2.05) is 24.3 Å². The molecular weight excluding hydrogens is 226 g/mol. The lowest BCUT2D eigenvalue weighted by Gasteiger charge is -2.13. The lowest BCUT2D eigenvalue weighted by atomic mass is 10.2. The molecule has 3 nitrogen and oxygen atoms in total. The van der Waals surface area contributed by atoms with Crippen molar-refractivity contribution in [3.63, 3.8) is 0 Å². The van der Waals surface area contributed by atoms with Crippen LogP contribution < -0.4 is 10.5 Å². The first-order valence-electron chi connectivity index (χ1n) is 6.75. The van der Waals surface area contributed by atoms with Crippen molar-refractivity contribution in [3.8, 4) is 5.75 Å². The Morgan fingerprint density at radius 3 is 2.50 bits per heavy atom. The highest BCUT2D eigenvalue weighted by atomic mass is 16.5. The molecule has 0 aliphatic heterocycles. The lowest BCUT2D eigenvalue weighted by Crippen LogP contribution is -2.15. The Morgan fingerprint density at radius 2 is 1.89 bits per heavy atom. The lowest BCUT2D eigenvalue weighted by molar-refractivity contribution is 0.0831. The molecule has 3 heteroatoms. The van der Waals surface area contributed by atoms with Crippen molar-refractivity contribution in [2.75, 3.05) is 19.8 Å². The molecule has 0 spiro atoms. The molecule has 0 saturated carbocycles. The summed E-state index contributed by atoms with van der Waals surface area (Å²) in [6.07, 6.45) is 2.31. The normalized spacial score (nSPS) is 12.4. The molecule has 1 aromatic carbocycles. The fourth-order valence-electron chi connectivity index (χ4n) is 1.54. The SMILES string of the molecule is CCCCOCC(C)COc1ccc(CN)cc1. The molecule has 0 aromatic heterocycles. The summed E-state index contributed by atoms with van der Waals surface area (Å²) < 4.78 is 11.3. The van der Waals surface area contributed by atoms with E-state index in [0.717, 1.165) is 30.9 Å². The van der Waals surface area contributed by atoms with Crippen LogP contribution in [0.25, 0.3) is 0 Å². The van der Waals surface area contributed by atoms with Crippen LogP contribution in [0.15, 0.2) is 24.3 Å². The first-order valence-corrected chi connectivity index (χ1v) is 6.75. The minimum absolute atomic E-state index is 0.413. The quantitative estimate of drug-likeness (QED) is 0.686. The van der Waals surface area contributed by atoms with Crippen LogP contribution in [0.2, 0.25) is 0 Å². The highest BCUT2D eigenvalue weighted by molar-refractivity contribution is 5.27. The van der Waals surface area contributed by atoms with Gasteiger partial charge >= 0.3 is 0 Å². The molecule has 102 valence electrons. The second-order valence-electron chi connectivity index (χ2n) is 4.69. The molecule has 0 aliphatic rings. The zero-order valence-corrected chi connectivity index (χ0v) is 11.5. The van der Waals surface area contributed by atoms with Gasteiger partial charge in [-0.2, -0.15) is 0 Å². The summed E-state index contributed by atoms with van der Waals surface area (Å²) in [7, 11) is 0. The van der Waals surface area contributed by atoms with Crippen LogP contribution >= 0.6 is 0 Å². The molecule has 1 aromatic rings. The van der Waals surface area contributed by atoms with E-state index in [9.17, 15) is 0 Å². The fraction of sp³-hybridized carbons (Fsp3) is 0.600. The Bertz CT molecular complexity index is 311. The average Bonchev–Trinajstić information content (AvgIpc) is 2.42. The average molecular weight is 251 g/mol. The summed E-state index contributed by atoms with van der Waals surface area (Å²) in [6.45, 7) is 7.18. The number of benzene rings is 1. The van der Waals surface area contributed by atoms with Gasteiger partial charge in [-0.05, 0) is 24.1 Å². The summed E-state index contributed by atoms with van der Waals surface area (Å²) in [4.78, 5) is 0. The monoisotopic (exact) mass is 251 g/mol. The van der Waals surface area contributed by atoms with Gasteiger partial charge in [-0.15, -0.1) is 0 Å². The topological polar surface area (TPSA) is 44.5 Å². The zero-order chi connectivity index (χ0) is 13.2. The second kappa shape index (κ2) is 8.95. The van der Waals surface area contributed by atoms with E-state index in [0.29, 0.717) is 19.1 Å². The number of unbranched alkanes of at least 4 members (excludes halogenated alkanes) is 1. The van der Waals surface area contributed by atoms with Crippen molar-refractivity contribution in [2.45, 2.75) is 33.2 Å². The van der Waals surface area contributed by atoms with Crippen molar-refractivity contribution in [1.29, 1.82) is 0 Å². The highest BCUT2D eigenvalue weighted by Gasteiger charge is 2.03. The van der Waals surface area contributed by atoms with Crippen molar-refractivity contribution < 1.29 is 9.47 Å². The van der Waals surface area contributed by atoms with Crippen molar-refractivity contribution in [2.24, 2.45) is 11.7 Å². The highest BCUT2D eigenvalue weighted by Crippen LogP contribution is 2.13. The molecule has 0 aliphatic carbocycles. The van der Waals surface area contributed by atoms with Crippen LogP contribution in [-0.4, -0.2) is 19.8 Å². The number of hydrogen-bond acceptors (Lipinski definition) is 3. The smallest absolute Gasteiger partial charge is 0.119 e. The summed E-state index contributed by atoms with van der Waals surface area (Å²) in [5.74, 6) is 1.31. The van der Waals surface area contributed by atoms with Gasteiger partial charge in [-0.25, -0.2) is 0 Å². The summed E-state index contributed by atoms with van der Waals surface area (Å²) in [5, 5.41) is 0. The van der Waals surface area contributed by atoms with Crippen molar-refractivity contribution >= 4 is 0 Å². The van der Waals surface area contributed by atoms with E-state index >= 15 is 0 Å². The Hall–Kier alpha value is -1.06. The molecule has 0 amide bonds. The van der Waals surface area contributed by atoms with Gasteiger partial charge in [0.2, 0.25) is 0 Å². The molecule has 0 heterocycles. The van der Waals surface area contributed by atoms with Gasteiger partial charge in [0.15, 0.2) is 0 Å². The summed E-state index contributed by atoms with van der Waals surface area (Å²) in [5.41, 5.74) is 6.67. The van der Waals surface area contributed by atoms with E-state index in [4.69, 9.17) is 15.2 Å².